The fourth-order valence-electron chi connectivity index (χ4n) is 1.61. The Labute approximate surface area is 116 Å². The summed E-state index contributed by atoms with van der Waals surface area (Å²) in [6.07, 6.45) is 0.345. The van der Waals surface area contributed by atoms with Gasteiger partial charge in [-0.05, 0) is 36.6 Å². The summed E-state index contributed by atoms with van der Waals surface area (Å²) >= 11 is 0. The van der Waals surface area contributed by atoms with Crippen LogP contribution in [0.5, 0.6) is 5.75 Å². The Morgan fingerprint density at radius 3 is 2.40 bits per heavy atom. The van der Waals surface area contributed by atoms with Gasteiger partial charge in [0.1, 0.15) is 17.6 Å². The molecule has 0 aliphatic carbocycles. The molecule has 2 N–H and O–H groups in total. The molecule has 0 aliphatic heterocycles. The van der Waals surface area contributed by atoms with E-state index >= 15 is 0 Å². The second kappa shape index (κ2) is 7.47. The van der Waals surface area contributed by atoms with E-state index in [1.807, 2.05) is 13.8 Å². The molecule has 1 amide bonds. The molecule has 0 aliphatic rings. The smallest absolute Gasteiger partial charge is 0.326 e. The van der Waals surface area contributed by atoms with Crippen LogP contribution in [-0.4, -0.2) is 29.6 Å². The normalized spacial score (nSPS) is 12.0. The summed E-state index contributed by atoms with van der Waals surface area (Å²) < 4.78 is 17.8. The van der Waals surface area contributed by atoms with Crippen molar-refractivity contribution in [2.75, 3.05) is 6.61 Å². The molecule has 20 heavy (non-hydrogen) atoms. The van der Waals surface area contributed by atoms with E-state index in [1.54, 1.807) is 0 Å². The van der Waals surface area contributed by atoms with Gasteiger partial charge in [-0.25, -0.2) is 9.18 Å². The molecule has 6 heteroatoms. The van der Waals surface area contributed by atoms with Crippen LogP contribution in [0, 0.1) is 11.7 Å². The second-order valence-corrected chi connectivity index (χ2v) is 4.83. The molecule has 5 nitrogen and oxygen atoms in total. The third-order valence-electron chi connectivity index (χ3n) is 2.52. The molecular formula is C14H18FNO4. The quantitative estimate of drug-likeness (QED) is 0.800. The van der Waals surface area contributed by atoms with Gasteiger partial charge >= 0.3 is 5.97 Å². The molecule has 0 unspecified atom stereocenters. The van der Waals surface area contributed by atoms with E-state index in [-0.39, 0.29) is 12.5 Å². The number of hydrogen-bond donors (Lipinski definition) is 2. The fourth-order valence-corrected chi connectivity index (χ4v) is 1.61. The van der Waals surface area contributed by atoms with E-state index < -0.39 is 23.7 Å². The number of halogens is 1. The summed E-state index contributed by atoms with van der Waals surface area (Å²) in [5, 5.41) is 11.4. The number of benzene rings is 1. The number of carbonyl (C=O) groups excluding carboxylic acids is 1. The van der Waals surface area contributed by atoms with Gasteiger partial charge in [-0.15, -0.1) is 0 Å². The van der Waals surface area contributed by atoms with Gasteiger partial charge in [0.25, 0.3) is 5.91 Å². The van der Waals surface area contributed by atoms with Crippen molar-refractivity contribution < 1.29 is 23.8 Å². The number of nitrogens with one attached hydrogen (secondary N) is 1. The molecule has 0 saturated heterocycles. The zero-order valence-electron chi connectivity index (χ0n) is 11.4. The largest absolute Gasteiger partial charge is 0.484 e. The van der Waals surface area contributed by atoms with Crippen LogP contribution < -0.4 is 10.1 Å². The molecule has 0 heterocycles. The zero-order chi connectivity index (χ0) is 15.1. The van der Waals surface area contributed by atoms with E-state index in [9.17, 15) is 14.0 Å². The Hall–Kier alpha value is -2.11. The highest BCUT2D eigenvalue weighted by Crippen LogP contribution is 2.11. The number of hydrogen-bond acceptors (Lipinski definition) is 3. The number of amides is 1. The number of carbonyl (C=O) groups is 2. The van der Waals surface area contributed by atoms with Gasteiger partial charge in [0.05, 0.1) is 0 Å². The van der Waals surface area contributed by atoms with Gasteiger partial charge in [-0.2, -0.15) is 0 Å². The summed E-state index contributed by atoms with van der Waals surface area (Å²) in [6.45, 7) is 3.43. The molecule has 0 spiro atoms. The van der Waals surface area contributed by atoms with Crippen molar-refractivity contribution in [1.29, 1.82) is 0 Å². The number of carboxylic acids is 1. The maximum absolute atomic E-state index is 12.7. The predicted molar refractivity (Wildman–Crippen MR) is 70.9 cm³/mol. The molecule has 1 aromatic rings. The Bertz CT molecular complexity index is 459. The number of aliphatic carboxylic acids is 1. The SMILES string of the molecule is CC(C)C[C@H](NC(=O)COc1ccc(F)cc1)C(=O)O. The average Bonchev–Trinajstić information content (AvgIpc) is 2.36. The molecule has 0 aromatic heterocycles. The molecule has 1 rings (SSSR count). The van der Waals surface area contributed by atoms with Crippen LogP contribution in [0.2, 0.25) is 0 Å². The van der Waals surface area contributed by atoms with Crippen molar-refractivity contribution in [3.05, 3.63) is 30.1 Å². The van der Waals surface area contributed by atoms with Gasteiger partial charge in [0.15, 0.2) is 6.61 Å². The van der Waals surface area contributed by atoms with Crippen molar-refractivity contribution in [1.82, 2.24) is 5.32 Å². The summed E-state index contributed by atoms with van der Waals surface area (Å²) in [7, 11) is 0. The van der Waals surface area contributed by atoms with Gasteiger partial charge in [0.2, 0.25) is 0 Å². The first kappa shape index (κ1) is 15.9. The van der Waals surface area contributed by atoms with Crippen LogP contribution in [0.25, 0.3) is 0 Å². The first-order chi connectivity index (χ1) is 9.38. The highest BCUT2D eigenvalue weighted by atomic mass is 19.1. The lowest BCUT2D eigenvalue weighted by molar-refractivity contribution is -0.142. The first-order valence-corrected chi connectivity index (χ1v) is 6.29. The van der Waals surface area contributed by atoms with Gasteiger partial charge in [-0.1, -0.05) is 13.8 Å². The van der Waals surface area contributed by atoms with Gasteiger partial charge < -0.3 is 15.2 Å². The minimum Gasteiger partial charge on any atom is -0.484 e. The van der Waals surface area contributed by atoms with Crippen molar-refractivity contribution in [2.45, 2.75) is 26.3 Å². The zero-order valence-corrected chi connectivity index (χ0v) is 11.4. The molecule has 0 fully saturated rings. The van der Waals surface area contributed by atoms with Crippen molar-refractivity contribution in [2.24, 2.45) is 5.92 Å². The topological polar surface area (TPSA) is 75.6 Å². The Balaban J connectivity index is 2.45. The van der Waals surface area contributed by atoms with E-state index in [4.69, 9.17) is 9.84 Å². The molecule has 0 bridgehead atoms. The van der Waals surface area contributed by atoms with Crippen LogP contribution in [0.3, 0.4) is 0 Å². The molecule has 0 saturated carbocycles. The van der Waals surface area contributed by atoms with Gasteiger partial charge in [-0.3, -0.25) is 4.79 Å². The van der Waals surface area contributed by atoms with Crippen LogP contribution in [0.1, 0.15) is 20.3 Å². The van der Waals surface area contributed by atoms with Crippen molar-refractivity contribution >= 4 is 11.9 Å². The first-order valence-electron chi connectivity index (χ1n) is 6.29. The van der Waals surface area contributed by atoms with Crippen LogP contribution in [0.4, 0.5) is 4.39 Å². The Kier molecular flexibility index (Phi) is 5.96. The van der Waals surface area contributed by atoms with E-state index in [0.29, 0.717) is 12.2 Å². The Morgan fingerprint density at radius 2 is 1.90 bits per heavy atom. The lowest BCUT2D eigenvalue weighted by atomic mass is 10.0. The molecule has 1 aromatic carbocycles. The highest BCUT2D eigenvalue weighted by Gasteiger charge is 2.21. The second-order valence-electron chi connectivity index (χ2n) is 4.83. The summed E-state index contributed by atoms with van der Waals surface area (Å²) in [5.74, 6) is -1.51. The van der Waals surface area contributed by atoms with E-state index in [1.165, 1.54) is 24.3 Å². The molecule has 1 atom stereocenters. The lowest BCUT2D eigenvalue weighted by Gasteiger charge is -2.16. The summed E-state index contributed by atoms with van der Waals surface area (Å²) in [5.41, 5.74) is 0. The monoisotopic (exact) mass is 283 g/mol. The minimum atomic E-state index is -1.08. The average molecular weight is 283 g/mol. The molecular weight excluding hydrogens is 265 g/mol. The van der Waals surface area contributed by atoms with Gasteiger partial charge in [0, 0.05) is 0 Å². The fraction of sp³-hybridized carbons (Fsp3) is 0.429. The highest BCUT2D eigenvalue weighted by molar-refractivity contribution is 5.84. The van der Waals surface area contributed by atoms with E-state index in [2.05, 4.69) is 5.32 Å². The maximum atomic E-state index is 12.7. The van der Waals surface area contributed by atoms with Crippen molar-refractivity contribution in [3.8, 4) is 5.75 Å². The third-order valence-corrected chi connectivity index (χ3v) is 2.52. The number of ether oxygens (including phenoxy) is 1. The lowest BCUT2D eigenvalue weighted by Crippen LogP contribution is -2.43. The number of rotatable bonds is 7. The predicted octanol–water partition coefficient (Wildman–Crippen LogP) is 1.82. The molecule has 110 valence electrons. The molecule has 0 radical (unpaired) electrons. The van der Waals surface area contributed by atoms with E-state index in [0.717, 1.165) is 0 Å². The summed E-state index contributed by atoms with van der Waals surface area (Å²) in [4.78, 5) is 22.6. The van der Waals surface area contributed by atoms with Crippen LogP contribution in [0.15, 0.2) is 24.3 Å². The van der Waals surface area contributed by atoms with Crippen molar-refractivity contribution in [3.63, 3.8) is 0 Å². The Morgan fingerprint density at radius 1 is 1.30 bits per heavy atom. The maximum Gasteiger partial charge on any atom is 0.326 e. The van der Waals surface area contributed by atoms with Crippen LogP contribution in [-0.2, 0) is 9.59 Å². The number of carboxylic acid groups (broad SMARTS) is 1. The minimum absolute atomic E-state index is 0.148. The van der Waals surface area contributed by atoms with Crippen LogP contribution >= 0.6 is 0 Å². The standard InChI is InChI=1S/C14H18FNO4/c1-9(2)7-12(14(18)19)16-13(17)8-20-11-5-3-10(15)4-6-11/h3-6,9,12H,7-8H2,1-2H3,(H,16,17)(H,18,19)/t12-/m0/s1. The summed E-state index contributed by atoms with van der Waals surface area (Å²) in [6, 6.07) is 4.29. The third kappa shape index (κ3) is 5.69.